The van der Waals surface area contributed by atoms with E-state index in [4.69, 9.17) is 0 Å². The number of nitrogens with one attached hydrogen (secondary N) is 1. The Morgan fingerprint density at radius 3 is 2.47 bits per heavy atom. The van der Waals surface area contributed by atoms with Gasteiger partial charge in [-0.15, -0.1) is 0 Å². The molecule has 1 N–H and O–H groups in total. The average Bonchev–Trinajstić information content (AvgIpc) is 3.11. The van der Waals surface area contributed by atoms with Crippen molar-refractivity contribution in [3.63, 3.8) is 0 Å². The maximum Gasteiger partial charge on any atom is 0.00674 e. The molecule has 2 unspecified atom stereocenters. The Kier molecular flexibility index (Phi) is 4.52. The van der Waals surface area contributed by atoms with Crippen molar-refractivity contribution in [3.8, 4) is 0 Å². The lowest BCUT2D eigenvalue weighted by Crippen LogP contribution is -2.33. The van der Waals surface area contributed by atoms with E-state index in [2.05, 4.69) is 26.1 Å². The molecule has 0 aromatic carbocycles. The average molecular weight is 237 g/mol. The first-order chi connectivity index (χ1) is 8.15. The van der Waals surface area contributed by atoms with E-state index in [0.717, 1.165) is 17.9 Å². The van der Waals surface area contributed by atoms with Gasteiger partial charge in [-0.05, 0) is 55.8 Å². The summed E-state index contributed by atoms with van der Waals surface area (Å²) in [6.45, 7) is 8.44. The van der Waals surface area contributed by atoms with E-state index >= 15 is 0 Å². The van der Waals surface area contributed by atoms with Gasteiger partial charge in [0.05, 0.1) is 0 Å². The fraction of sp³-hybridized carbons (Fsp3) is 1.00. The van der Waals surface area contributed by atoms with Gasteiger partial charge in [0.2, 0.25) is 0 Å². The van der Waals surface area contributed by atoms with E-state index in [1.54, 1.807) is 0 Å². The molecule has 2 fully saturated rings. The van der Waals surface area contributed by atoms with E-state index in [1.807, 2.05) is 0 Å². The minimum Gasteiger partial charge on any atom is -0.313 e. The summed E-state index contributed by atoms with van der Waals surface area (Å²) in [6.07, 6.45) is 11.5. The summed E-state index contributed by atoms with van der Waals surface area (Å²) in [7, 11) is 0. The lowest BCUT2D eigenvalue weighted by atomic mass is 9.89. The molecular formula is C16H31N. The molecule has 0 aromatic heterocycles. The zero-order chi connectivity index (χ0) is 12.3. The van der Waals surface area contributed by atoms with Crippen molar-refractivity contribution in [1.29, 1.82) is 0 Å². The molecule has 0 amide bonds. The van der Waals surface area contributed by atoms with Gasteiger partial charge in [0.15, 0.2) is 0 Å². The second-order valence-electron chi connectivity index (χ2n) is 6.94. The molecule has 1 heteroatoms. The van der Waals surface area contributed by atoms with Crippen LogP contribution in [0.5, 0.6) is 0 Å². The van der Waals surface area contributed by atoms with Crippen LogP contribution in [0, 0.1) is 17.3 Å². The molecule has 2 aliphatic carbocycles. The molecule has 2 aliphatic rings. The topological polar surface area (TPSA) is 12.0 Å². The highest BCUT2D eigenvalue weighted by molar-refractivity contribution is 4.94. The molecule has 0 saturated heterocycles. The standard InChI is InChI=1S/C16H31N/c1-4-16(10-11-16)12-17-15-7-5-6-14(8-9-15)13(2)3/h13-15,17H,4-12H2,1-3H3. The van der Waals surface area contributed by atoms with Gasteiger partial charge in [-0.3, -0.25) is 0 Å². The number of hydrogen-bond donors (Lipinski definition) is 1. The summed E-state index contributed by atoms with van der Waals surface area (Å²) in [4.78, 5) is 0. The van der Waals surface area contributed by atoms with E-state index in [-0.39, 0.29) is 0 Å². The zero-order valence-corrected chi connectivity index (χ0v) is 12.1. The fourth-order valence-corrected chi connectivity index (χ4v) is 3.39. The lowest BCUT2D eigenvalue weighted by Gasteiger charge is -2.21. The largest absolute Gasteiger partial charge is 0.313 e. The smallest absolute Gasteiger partial charge is 0.00674 e. The maximum atomic E-state index is 3.87. The summed E-state index contributed by atoms with van der Waals surface area (Å²) in [5.74, 6) is 1.88. The van der Waals surface area contributed by atoms with Gasteiger partial charge >= 0.3 is 0 Å². The lowest BCUT2D eigenvalue weighted by molar-refractivity contribution is 0.333. The third-order valence-electron chi connectivity index (χ3n) is 5.43. The van der Waals surface area contributed by atoms with E-state index in [0.29, 0.717) is 5.41 Å². The quantitative estimate of drug-likeness (QED) is 0.700. The Bertz CT molecular complexity index is 230. The van der Waals surface area contributed by atoms with Crippen molar-refractivity contribution in [2.75, 3.05) is 6.54 Å². The van der Waals surface area contributed by atoms with Gasteiger partial charge in [-0.1, -0.05) is 33.6 Å². The van der Waals surface area contributed by atoms with Crippen LogP contribution in [0.2, 0.25) is 0 Å². The predicted molar refractivity (Wildman–Crippen MR) is 75.2 cm³/mol. The van der Waals surface area contributed by atoms with Crippen molar-refractivity contribution in [2.24, 2.45) is 17.3 Å². The van der Waals surface area contributed by atoms with Crippen LogP contribution in [0.4, 0.5) is 0 Å². The molecule has 0 spiro atoms. The first kappa shape index (κ1) is 13.4. The highest BCUT2D eigenvalue weighted by atomic mass is 14.9. The molecule has 0 radical (unpaired) electrons. The van der Waals surface area contributed by atoms with Gasteiger partial charge in [-0.2, -0.15) is 0 Å². The summed E-state index contributed by atoms with van der Waals surface area (Å²) >= 11 is 0. The first-order valence-corrected chi connectivity index (χ1v) is 7.88. The minimum absolute atomic E-state index is 0.712. The normalized spacial score (nSPS) is 32.5. The number of rotatable bonds is 5. The molecular weight excluding hydrogens is 206 g/mol. The van der Waals surface area contributed by atoms with Crippen LogP contribution >= 0.6 is 0 Å². The SMILES string of the molecule is CCC1(CNC2CCCC(C(C)C)CC2)CC1. The molecule has 17 heavy (non-hydrogen) atoms. The highest BCUT2D eigenvalue weighted by Crippen LogP contribution is 2.48. The Morgan fingerprint density at radius 1 is 1.12 bits per heavy atom. The molecule has 2 rings (SSSR count). The monoisotopic (exact) mass is 237 g/mol. The molecule has 100 valence electrons. The van der Waals surface area contributed by atoms with Crippen molar-refractivity contribution in [3.05, 3.63) is 0 Å². The van der Waals surface area contributed by atoms with Crippen LogP contribution in [0.3, 0.4) is 0 Å². The molecule has 2 saturated carbocycles. The van der Waals surface area contributed by atoms with Crippen LogP contribution in [-0.2, 0) is 0 Å². The molecule has 0 bridgehead atoms. The van der Waals surface area contributed by atoms with E-state index < -0.39 is 0 Å². The third-order valence-corrected chi connectivity index (χ3v) is 5.43. The van der Waals surface area contributed by atoms with Gasteiger partial charge in [0, 0.05) is 12.6 Å². The van der Waals surface area contributed by atoms with Crippen molar-refractivity contribution in [1.82, 2.24) is 5.32 Å². The number of hydrogen-bond acceptors (Lipinski definition) is 1. The Hall–Kier alpha value is -0.0400. The van der Waals surface area contributed by atoms with Gasteiger partial charge < -0.3 is 5.32 Å². The minimum atomic E-state index is 0.712. The van der Waals surface area contributed by atoms with Crippen LogP contribution in [0.15, 0.2) is 0 Å². The van der Waals surface area contributed by atoms with Crippen LogP contribution < -0.4 is 5.32 Å². The molecule has 0 aromatic rings. The third kappa shape index (κ3) is 3.71. The highest BCUT2D eigenvalue weighted by Gasteiger charge is 2.40. The van der Waals surface area contributed by atoms with E-state index in [1.165, 1.54) is 57.9 Å². The summed E-state index contributed by atoms with van der Waals surface area (Å²) < 4.78 is 0. The predicted octanol–water partition coefficient (Wildman–Crippen LogP) is 4.37. The molecule has 0 heterocycles. The van der Waals surface area contributed by atoms with Gasteiger partial charge in [0.1, 0.15) is 0 Å². The summed E-state index contributed by atoms with van der Waals surface area (Å²) in [5, 5.41) is 3.87. The maximum absolute atomic E-state index is 3.87. The van der Waals surface area contributed by atoms with Gasteiger partial charge in [0.25, 0.3) is 0 Å². The van der Waals surface area contributed by atoms with Crippen LogP contribution in [0.25, 0.3) is 0 Å². The Morgan fingerprint density at radius 2 is 1.88 bits per heavy atom. The van der Waals surface area contributed by atoms with Crippen LogP contribution in [0.1, 0.15) is 72.1 Å². The summed E-state index contributed by atoms with van der Waals surface area (Å²) in [6, 6.07) is 0.822. The Labute approximate surface area is 108 Å². The second-order valence-corrected chi connectivity index (χ2v) is 6.94. The molecule has 2 atom stereocenters. The van der Waals surface area contributed by atoms with Gasteiger partial charge in [-0.25, -0.2) is 0 Å². The van der Waals surface area contributed by atoms with Crippen molar-refractivity contribution in [2.45, 2.75) is 78.2 Å². The molecule has 0 aliphatic heterocycles. The summed E-state index contributed by atoms with van der Waals surface area (Å²) in [5.41, 5.74) is 0.712. The second kappa shape index (κ2) is 5.73. The Balaban J connectivity index is 1.71. The first-order valence-electron chi connectivity index (χ1n) is 7.88. The van der Waals surface area contributed by atoms with Crippen molar-refractivity contribution < 1.29 is 0 Å². The van der Waals surface area contributed by atoms with Crippen molar-refractivity contribution >= 4 is 0 Å². The molecule has 1 nitrogen and oxygen atoms in total. The zero-order valence-electron chi connectivity index (χ0n) is 12.1. The fourth-order valence-electron chi connectivity index (χ4n) is 3.39. The van der Waals surface area contributed by atoms with Crippen LogP contribution in [-0.4, -0.2) is 12.6 Å². The van der Waals surface area contributed by atoms with E-state index in [9.17, 15) is 0 Å².